The first kappa shape index (κ1) is 32.6. The number of hydrogen-bond acceptors (Lipinski definition) is 5. The summed E-state index contributed by atoms with van der Waals surface area (Å²) in [5.41, 5.74) is 10.1. The smallest absolute Gasteiger partial charge is 0.165 e. The third-order valence-corrected chi connectivity index (χ3v) is 12.9. The SMILES string of the molecule is c1ccc(-c2cccc(-c3cccc(-c4ccc5sc6cccc(-c7nc(-c8ccccc8)nc(-c8cccc9c8sc8ccccc89)n7)c6c5c4)c3)c2)cc1. The molecule has 0 spiro atoms. The van der Waals surface area contributed by atoms with Gasteiger partial charge in [-0.3, -0.25) is 0 Å². The Morgan fingerprint density at radius 2 is 0.786 bits per heavy atom. The minimum absolute atomic E-state index is 0.661. The van der Waals surface area contributed by atoms with E-state index in [1.165, 1.54) is 68.3 Å². The van der Waals surface area contributed by atoms with Gasteiger partial charge in [-0.15, -0.1) is 22.7 Å². The molecule has 0 saturated carbocycles. The van der Waals surface area contributed by atoms with Gasteiger partial charge in [-0.1, -0.05) is 146 Å². The first-order valence-corrected chi connectivity index (χ1v) is 20.3. The fraction of sp³-hybridized carbons (Fsp3) is 0. The fourth-order valence-corrected chi connectivity index (χ4v) is 10.2. The van der Waals surface area contributed by atoms with Gasteiger partial charge in [-0.2, -0.15) is 0 Å². The van der Waals surface area contributed by atoms with Gasteiger partial charge in [0.25, 0.3) is 0 Å². The molecule has 0 radical (unpaired) electrons. The van der Waals surface area contributed by atoms with Gasteiger partial charge in [-0.25, -0.2) is 15.0 Å². The molecule has 0 aliphatic heterocycles. The average Bonchev–Trinajstić information content (AvgIpc) is 3.85. The monoisotopic (exact) mass is 749 g/mol. The molecule has 0 atom stereocenters. The van der Waals surface area contributed by atoms with Crippen LogP contribution in [0.1, 0.15) is 0 Å². The molecule has 262 valence electrons. The Morgan fingerprint density at radius 3 is 1.54 bits per heavy atom. The molecule has 0 N–H and O–H groups in total. The van der Waals surface area contributed by atoms with Crippen molar-refractivity contribution in [2.24, 2.45) is 0 Å². The molecule has 8 aromatic carbocycles. The normalized spacial score (nSPS) is 11.6. The number of rotatable bonds is 6. The molecule has 11 rings (SSSR count). The molecule has 0 saturated heterocycles. The predicted octanol–water partition coefficient (Wildman–Crippen LogP) is 14.6. The third kappa shape index (κ3) is 5.68. The van der Waals surface area contributed by atoms with Gasteiger partial charge in [0.05, 0.1) is 0 Å². The van der Waals surface area contributed by atoms with Crippen LogP contribution in [0.3, 0.4) is 0 Å². The van der Waals surface area contributed by atoms with Crippen LogP contribution in [0.4, 0.5) is 0 Å². The molecule has 0 fully saturated rings. The van der Waals surface area contributed by atoms with Crippen LogP contribution < -0.4 is 0 Å². The van der Waals surface area contributed by atoms with Crippen LogP contribution in [-0.4, -0.2) is 15.0 Å². The minimum Gasteiger partial charge on any atom is -0.208 e. The summed E-state index contributed by atoms with van der Waals surface area (Å²) in [7, 11) is 0. The molecule has 0 aliphatic carbocycles. The summed E-state index contributed by atoms with van der Waals surface area (Å²) in [4.78, 5) is 15.6. The largest absolute Gasteiger partial charge is 0.208 e. The molecule has 3 heterocycles. The van der Waals surface area contributed by atoms with Crippen molar-refractivity contribution in [3.63, 3.8) is 0 Å². The van der Waals surface area contributed by atoms with E-state index in [-0.39, 0.29) is 0 Å². The van der Waals surface area contributed by atoms with Crippen LogP contribution in [0.5, 0.6) is 0 Å². The van der Waals surface area contributed by atoms with Crippen LogP contribution in [0.2, 0.25) is 0 Å². The van der Waals surface area contributed by atoms with Crippen LogP contribution in [0.25, 0.3) is 108 Å². The summed E-state index contributed by atoms with van der Waals surface area (Å²) in [5, 5.41) is 4.84. The van der Waals surface area contributed by atoms with Crippen molar-refractivity contribution < 1.29 is 0 Å². The molecule has 3 nitrogen and oxygen atoms in total. The zero-order chi connectivity index (χ0) is 37.0. The Morgan fingerprint density at radius 1 is 0.286 bits per heavy atom. The highest BCUT2D eigenvalue weighted by atomic mass is 32.1. The number of thiophene rings is 2. The van der Waals surface area contributed by atoms with Gasteiger partial charge in [-0.05, 0) is 75.8 Å². The fourth-order valence-electron chi connectivity index (χ4n) is 7.84. The Balaban J connectivity index is 1.06. The maximum Gasteiger partial charge on any atom is 0.165 e. The zero-order valence-corrected chi connectivity index (χ0v) is 31.7. The molecule has 56 heavy (non-hydrogen) atoms. The van der Waals surface area contributed by atoms with Crippen molar-refractivity contribution in [2.45, 2.75) is 0 Å². The summed E-state index contributed by atoms with van der Waals surface area (Å²) < 4.78 is 4.87. The van der Waals surface area contributed by atoms with Crippen molar-refractivity contribution in [2.75, 3.05) is 0 Å². The number of fused-ring (bicyclic) bond motifs is 6. The highest BCUT2D eigenvalue weighted by Crippen LogP contribution is 2.43. The predicted molar refractivity (Wildman–Crippen MR) is 238 cm³/mol. The van der Waals surface area contributed by atoms with E-state index in [0.29, 0.717) is 17.5 Å². The van der Waals surface area contributed by atoms with Gasteiger partial charge >= 0.3 is 0 Å². The van der Waals surface area contributed by atoms with E-state index in [2.05, 4.69) is 170 Å². The average molecular weight is 750 g/mol. The minimum atomic E-state index is 0.661. The topological polar surface area (TPSA) is 38.7 Å². The molecular weight excluding hydrogens is 719 g/mol. The van der Waals surface area contributed by atoms with E-state index < -0.39 is 0 Å². The van der Waals surface area contributed by atoms with Gasteiger partial charge in [0, 0.05) is 57.0 Å². The summed E-state index contributed by atoms with van der Waals surface area (Å²) in [6, 6.07) is 66.9. The maximum absolute atomic E-state index is 5.30. The van der Waals surface area contributed by atoms with E-state index in [1.807, 2.05) is 29.5 Å². The molecule has 0 amide bonds. The number of aromatic nitrogens is 3. The van der Waals surface area contributed by atoms with Crippen LogP contribution in [-0.2, 0) is 0 Å². The lowest BCUT2D eigenvalue weighted by Crippen LogP contribution is -2.00. The number of hydrogen-bond donors (Lipinski definition) is 0. The van der Waals surface area contributed by atoms with Gasteiger partial charge in [0.2, 0.25) is 0 Å². The third-order valence-electron chi connectivity index (χ3n) is 10.5. The van der Waals surface area contributed by atoms with Crippen molar-refractivity contribution in [1.82, 2.24) is 15.0 Å². The van der Waals surface area contributed by atoms with Gasteiger partial charge in [0.1, 0.15) is 0 Å². The van der Waals surface area contributed by atoms with Crippen LogP contribution in [0, 0.1) is 0 Å². The molecular formula is C51H31N3S2. The van der Waals surface area contributed by atoms with E-state index in [0.717, 1.165) is 22.1 Å². The Kier molecular flexibility index (Phi) is 7.87. The highest BCUT2D eigenvalue weighted by Gasteiger charge is 2.19. The standard InChI is InChI=1S/C51H31N3S2/c1-3-13-32(14-4-1)34-17-9-18-35(29-34)36-19-10-20-37(30-36)38-27-28-45-43(31-38)47-41(23-12-26-46(47)55-45)50-52-49(33-15-5-2-6-16-33)53-51(54-50)42-24-11-22-40-39-21-7-8-25-44(39)56-48(40)42/h1-31H. The summed E-state index contributed by atoms with van der Waals surface area (Å²) in [5.74, 6) is 2.01. The van der Waals surface area contributed by atoms with Crippen LogP contribution in [0.15, 0.2) is 188 Å². The van der Waals surface area contributed by atoms with E-state index in [4.69, 9.17) is 15.0 Å². The lowest BCUT2D eigenvalue weighted by atomic mass is 9.95. The molecule has 3 aromatic heterocycles. The van der Waals surface area contributed by atoms with Crippen molar-refractivity contribution in [3.05, 3.63) is 188 Å². The lowest BCUT2D eigenvalue weighted by molar-refractivity contribution is 1.08. The maximum atomic E-state index is 5.30. The Hall–Kier alpha value is -6.79. The van der Waals surface area contributed by atoms with Crippen molar-refractivity contribution >= 4 is 63.0 Å². The van der Waals surface area contributed by atoms with E-state index >= 15 is 0 Å². The molecule has 0 aliphatic rings. The van der Waals surface area contributed by atoms with Gasteiger partial charge in [0.15, 0.2) is 17.5 Å². The molecule has 0 bridgehead atoms. The first-order valence-electron chi connectivity index (χ1n) is 18.7. The number of nitrogens with zero attached hydrogens (tertiary/aromatic N) is 3. The summed E-state index contributed by atoms with van der Waals surface area (Å²) in [6.07, 6.45) is 0. The van der Waals surface area contributed by atoms with Crippen molar-refractivity contribution in [3.8, 4) is 67.5 Å². The second kappa shape index (κ2) is 13.5. The van der Waals surface area contributed by atoms with E-state index in [9.17, 15) is 0 Å². The first-order chi connectivity index (χ1) is 27.7. The van der Waals surface area contributed by atoms with Gasteiger partial charge < -0.3 is 0 Å². The van der Waals surface area contributed by atoms with Crippen LogP contribution >= 0.6 is 22.7 Å². The summed E-state index contributed by atoms with van der Waals surface area (Å²) in [6.45, 7) is 0. The lowest BCUT2D eigenvalue weighted by Gasteiger charge is -2.11. The molecule has 11 aromatic rings. The zero-order valence-electron chi connectivity index (χ0n) is 30.1. The number of benzene rings is 8. The molecule has 0 unspecified atom stereocenters. The summed E-state index contributed by atoms with van der Waals surface area (Å²) >= 11 is 3.60. The Labute approximate surface area is 331 Å². The quantitative estimate of drug-likeness (QED) is 0.170. The second-order valence-electron chi connectivity index (χ2n) is 14.0. The highest BCUT2D eigenvalue weighted by molar-refractivity contribution is 7.26. The van der Waals surface area contributed by atoms with Crippen molar-refractivity contribution in [1.29, 1.82) is 0 Å². The second-order valence-corrected chi connectivity index (χ2v) is 16.1. The van der Waals surface area contributed by atoms with E-state index in [1.54, 1.807) is 11.3 Å². The molecule has 5 heteroatoms. The Bertz CT molecular complexity index is 3250.